The van der Waals surface area contributed by atoms with Gasteiger partial charge in [0.05, 0.1) is 85.5 Å². The van der Waals surface area contributed by atoms with Gasteiger partial charge >= 0.3 is 100.0 Å². The van der Waals surface area contributed by atoms with Gasteiger partial charge in [0.2, 0.25) is 0 Å². The van der Waals surface area contributed by atoms with Gasteiger partial charge in [0.1, 0.15) is 0 Å². The fourth-order valence-electron chi connectivity index (χ4n) is 14.8. The van der Waals surface area contributed by atoms with Gasteiger partial charge in [-0.2, -0.15) is 0 Å². The first-order valence-corrected chi connectivity index (χ1v) is 49.5. The molecule has 3 aliphatic rings. The van der Waals surface area contributed by atoms with Crippen molar-refractivity contribution in [1.82, 2.24) is 15.0 Å². The number of para-hydroxylation sites is 3. The van der Waals surface area contributed by atoms with E-state index in [1.165, 1.54) is 22.3 Å². The van der Waals surface area contributed by atoms with E-state index in [0.717, 1.165) is 195 Å². The van der Waals surface area contributed by atoms with Crippen LogP contribution in [0.5, 0.6) is 0 Å². The summed E-state index contributed by atoms with van der Waals surface area (Å²) in [4.78, 5) is 45.5. The number of aliphatic imine (C=N–C) groups is 6. The molecule has 12 aromatic rings. The Kier molecular flexibility index (Phi) is 38.5. The van der Waals surface area contributed by atoms with Gasteiger partial charge in [0.25, 0.3) is 0 Å². The minimum absolute atomic E-state index is 0.194. The number of halogens is 6. The van der Waals surface area contributed by atoms with Crippen molar-refractivity contribution >= 4 is 112 Å². The van der Waals surface area contributed by atoms with Gasteiger partial charge in [-0.3, -0.25) is 30.0 Å². The number of allylic oxidation sites excluding steroid dienone is 12. The van der Waals surface area contributed by atoms with Crippen LogP contribution >= 0.6 is 60.6 Å². The van der Waals surface area contributed by atoms with E-state index in [2.05, 4.69) is 279 Å². The number of nitrogens with zero attached hydrogens (tertiary/aromatic N) is 9. The first kappa shape index (κ1) is 95.4. The predicted octanol–water partition coefficient (Wildman–Crippen LogP) is 32.0. The molecule has 2 unspecified atom stereocenters. The third-order valence-corrected chi connectivity index (χ3v) is 20.8. The van der Waals surface area contributed by atoms with Crippen molar-refractivity contribution in [3.8, 4) is 66.8 Å². The summed E-state index contributed by atoms with van der Waals surface area (Å²) in [6, 6.07) is 100. The molecule has 2 atom stereocenters. The van der Waals surface area contributed by atoms with E-state index in [-0.39, 0.29) is 39.4 Å². The van der Waals surface area contributed by atoms with Crippen molar-refractivity contribution in [3.63, 3.8) is 0 Å². The van der Waals surface area contributed by atoms with Gasteiger partial charge in [0, 0.05) is 62.3 Å². The Labute approximate surface area is 771 Å². The molecule has 0 amide bonds. The molecule has 0 spiro atoms. The molecule has 9 nitrogen and oxygen atoms in total. The first-order valence-electron chi connectivity index (χ1n) is 40.4. The van der Waals surface area contributed by atoms with Crippen LogP contribution in [0, 0.1) is 11.8 Å². The summed E-state index contributed by atoms with van der Waals surface area (Å²) in [5.74, 6) is 0.814. The van der Waals surface area contributed by atoms with Crippen molar-refractivity contribution in [1.29, 1.82) is 0 Å². The maximum atomic E-state index is 5.23. The van der Waals surface area contributed by atoms with E-state index in [1.807, 2.05) is 126 Å². The zero-order chi connectivity index (χ0) is 87.6. The summed E-state index contributed by atoms with van der Waals surface area (Å²) in [7, 11) is 28.6. The summed E-state index contributed by atoms with van der Waals surface area (Å²) in [5, 5.41) is 0. The first-order chi connectivity index (χ1) is 59.7. The number of pyridine rings is 3. The zero-order valence-electron chi connectivity index (χ0n) is 70.9. The van der Waals surface area contributed by atoms with Gasteiger partial charge in [-0.05, 0) is 182 Å². The summed E-state index contributed by atoms with van der Waals surface area (Å²) in [5.41, 5.74) is 35.5. The Morgan fingerprint density at radius 3 is 0.813 bits per heavy atom. The molecule has 0 radical (unpaired) electrons. The Bertz CT molecular complexity index is 5770. The summed E-state index contributed by atoms with van der Waals surface area (Å²) >= 11 is 0.583. The van der Waals surface area contributed by atoms with Gasteiger partial charge in [0.15, 0.2) is 0 Å². The summed E-state index contributed by atoms with van der Waals surface area (Å²) < 4.78 is 0. The number of rotatable bonds is 18. The molecular formula is C105H99Cl6Fe3N9. The standard InChI is InChI=1S/C36H35N3.C35H33N3.C34H31N3.6ClH.3Fe/c1-24-22-25(2)35(26(3)23-24)37-27(4)33-20-13-21-34(39-33)28(5)38-36-31(29-14-8-6-9-15-29)18-12-19-32(36)30-16-10-7-11-17-30;1-24-14-11-15-25(2)34(24)36-26(3)32-22-13-23-33(38-32)27(4)37-35-30(28-16-7-5-8-17-28)20-12-21-31(35)29-18-9-6-10-19-29;1-24-20-22-29(23-21-24)35-25(2)32-18-11-19-33(37-32)26(3)36-34-30(27-12-6-4-7-13-27)16-10-17-31(34)28-14-8-5-9-15-28;;;;;;;;;/h6-22,26H,23H2,1-5H3;5-14,16-23,25H,15H2,1-4H3;4-20,22H,21,23H2,1-3H3;6*1H;;;/q;;;;;;;;;3*+2/p-6. The van der Waals surface area contributed by atoms with Crippen molar-refractivity contribution < 1.29 is 39.4 Å². The average Bonchev–Trinajstić information content (AvgIpc) is 0.799. The third-order valence-electron chi connectivity index (χ3n) is 20.8. The molecule has 0 N–H and O–H groups in total. The van der Waals surface area contributed by atoms with E-state index in [4.69, 9.17) is 105 Å². The van der Waals surface area contributed by atoms with Gasteiger partial charge < -0.3 is 0 Å². The topological polar surface area (TPSA) is 113 Å². The van der Waals surface area contributed by atoms with Crippen LogP contribution in [0.15, 0.2) is 391 Å². The molecule has 0 fully saturated rings. The number of aromatic nitrogens is 3. The van der Waals surface area contributed by atoms with Crippen molar-refractivity contribution in [2.75, 3.05) is 0 Å². The van der Waals surface area contributed by atoms with Crippen LogP contribution in [0.25, 0.3) is 66.8 Å². The monoisotopic (exact) mass is 1860 g/mol. The molecule has 15 rings (SSSR count). The van der Waals surface area contributed by atoms with Gasteiger partial charge in [-0.1, -0.05) is 304 Å². The second-order valence-electron chi connectivity index (χ2n) is 29.8. The Morgan fingerprint density at radius 2 is 0.553 bits per heavy atom. The average molecular weight is 1870 g/mol. The molecule has 0 bridgehead atoms. The van der Waals surface area contributed by atoms with Crippen LogP contribution < -0.4 is 0 Å². The molecule has 3 aromatic heterocycles. The third kappa shape index (κ3) is 27.6. The molecule has 3 aliphatic carbocycles. The van der Waals surface area contributed by atoms with Crippen LogP contribution in [0.2, 0.25) is 0 Å². The zero-order valence-corrected chi connectivity index (χ0v) is 78.8. The molecule has 3 heterocycles. The second kappa shape index (κ2) is 49.6. The quantitative estimate of drug-likeness (QED) is 0.0630. The van der Waals surface area contributed by atoms with E-state index in [0.29, 0.717) is 11.8 Å². The number of hydrogen-bond acceptors (Lipinski definition) is 9. The molecule has 9 aromatic carbocycles. The fourth-order valence-corrected chi connectivity index (χ4v) is 14.8. The van der Waals surface area contributed by atoms with Crippen molar-refractivity contribution in [2.24, 2.45) is 41.8 Å². The summed E-state index contributed by atoms with van der Waals surface area (Å²) in [6.07, 6.45) is 15.0. The van der Waals surface area contributed by atoms with Crippen LogP contribution in [-0.2, 0) is 39.4 Å². The number of benzene rings is 9. The van der Waals surface area contributed by atoms with Crippen LogP contribution in [0.3, 0.4) is 0 Å². The van der Waals surface area contributed by atoms with Gasteiger partial charge in [-0.15, -0.1) is 0 Å². The van der Waals surface area contributed by atoms with E-state index < -0.39 is 0 Å². The molecule has 18 heteroatoms. The van der Waals surface area contributed by atoms with Crippen LogP contribution in [-0.4, -0.2) is 49.2 Å². The Morgan fingerprint density at radius 1 is 0.293 bits per heavy atom. The predicted molar refractivity (Wildman–Crippen MR) is 519 cm³/mol. The van der Waals surface area contributed by atoms with E-state index >= 15 is 0 Å². The molecule has 0 saturated heterocycles. The number of hydrogen-bond donors (Lipinski definition) is 0. The molecule has 630 valence electrons. The fraction of sp³-hybridized carbons (Fsp3) is 0.171. The normalized spacial score (nSPS) is 15.0. The van der Waals surface area contributed by atoms with Gasteiger partial charge in [-0.25, -0.2) is 15.0 Å². The van der Waals surface area contributed by atoms with E-state index in [1.54, 1.807) is 0 Å². The molecule has 0 aliphatic heterocycles. The summed E-state index contributed by atoms with van der Waals surface area (Å²) in [6.45, 7) is 25.4. The van der Waals surface area contributed by atoms with Crippen LogP contribution in [0.4, 0.5) is 17.1 Å². The molecule has 123 heavy (non-hydrogen) atoms. The molecular weight excluding hydrogens is 1770 g/mol. The van der Waals surface area contributed by atoms with Crippen molar-refractivity contribution in [2.45, 2.75) is 109 Å². The SMILES string of the molecule is CC(=NC1=C(C)C=CCC1C)c1cccc(C(C)=Nc2c(-c3ccccc3)cccc2-c2ccccc2)n1.CC1=CC(C)=C(N=C(C)c2cccc(C(C)=Nc3c(-c4ccccc4)cccc3-c3ccccc3)n2)C(C)C1.CC1=CC=C(N=C(C)c2cccc(C(C)=Nc3c(-c4ccccc4)cccc3-c3ccccc3)n2)CC1.[Cl][Fe][Cl].[Cl][Fe][Cl].[Cl][Fe][Cl]. The Balaban J connectivity index is 0.000000184. The van der Waals surface area contributed by atoms with Crippen LogP contribution in [0.1, 0.15) is 143 Å². The second-order valence-corrected chi connectivity index (χ2v) is 35.3. The van der Waals surface area contributed by atoms with Crippen molar-refractivity contribution in [3.05, 3.63) is 395 Å². The Hall–Kier alpha value is -9.81. The maximum absolute atomic E-state index is 5.23. The minimum atomic E-state index is 0.194. The molecule has 0 saturated carbocycles. The van der Waals surface area contributed by atoms with E-state index in [9.17, 15) is 0 Å².